The summed E-state index contributed by atoms with van der Waals surface area (Å²) in [5.74, 6) is 0.625. The molecule has 0 aliphatic carbocycles. The van der Waals surface area contributed by atoms with Gasteiger partial charge in [0.15, 0.2) is 5.06 Å². The second kappa shape index (κ2) is 9.21. The van der Waals surface area contributed by atoms with Gasteiger partial charge in [0.2, 0.25) is 16.2 Å². The van der Waals surface area contributed by atoms with Crippen molar-refractivity contribution >= 4 is 40.2 Å². The van der Waals surface area contributed by atoms with Gasteiger partial charge in [-0.05, 0) is 23.1 Å². The van der Waals surface area contributed by atoms with Crippen molar-refractivity contribution in [1.82, 2.24) is 20.0 Å². The number of nitrogens with zero attached hydrogens (tertiary/aromatic N) is 3. The van der Waals surface area contributed by atoms with Crippen LogP contribution in [0.2, 0.25) is 0 Å². The summed E-state index contributed by atoms with van der Waals surface area (Å²) in [5, 5.41) is 6.31. The standard InChI is InChI=1S/C13H18N4O6S3/c1-5-8-7-25-10(21-3)9(8)26(20)23-15-11(18)16-13(19)17(22-4)12(14-16)24-6-2/h7H,5-6H2,1-4H3,(H,15,18). The molecule has 10 nitrogen and oxygen atoms in total. The normalized spacial score (nSPS) is 12.0. The van der Waals surface area contributed by atoms with E-state index in [4.69, 9.17) is 13.9 Å². The predicted octanol–water partition coefficient (Wildman–Crippen LogP) is 1.06. The highest BCUT2D eigenvalue weighted by Crippen LogP contribution is 2.33. The second-order valence-corrected chi connectivity index (χ2v) is 7.67. The van der Waals surface area contributed by atoms with Crippen molar-refractivity contribution in [3.05, 3.63) is 21.4 Å². The minimum absolute atomic E-state index is 0.212. The van der Waals surface area contributed by atoms with Crippen LogP contribution in [-0.4, -0.2) is 44.7 Å². The molecule has 0 saturated heterocycles. The molecule has 0 aromatic carbocycles. The molecule has 0 spiro atoms. The highest BCUT2D eigenvalue weighted by Gasteiger charge is 2.23. The predicted molar refractivity (Wildman–Crippen MR) is 97.1 cm³/mol. The lowest BCUT2D eigenvalue weighted by Gasteiger charge is -2.06. The third-order valence-electron chi connectivity index (χ3n) is 3.09. The van der Waals surface area contributed by atoms with E-state index in [1.165, 1.54) is 37.3 Å². The van der Waals surface area contributed by atoms with Gasteiger partial charge in [0, 0.05) is 0 Å². The summed E-state index contributed by atoms with van der Waals surface area (Å²) in [5.41, 5.74) is 1.94. The fraction of sp³-hybridized carbons (Fsp3) is 0.462. The Hall–Kier alpha value is -1.83. The molecule has 2 aromatic heterocycles. The molecule has 1 atom stereocenters. The maximum atomic E-state index is 12.4. The second-order valence-electron chi connectivity index (χ2n) is 4.55. The summed E-state index contributed by atoms with van der Waals surface area (Å²) < 4.78 is 23.9. The zero-order chi connectivity index (χ0) is 19.3. The van der Waals surface area contributed by atoms with Gasteiger partial charge in [-0.25, -0.2) is 13.8 Å². The molecule has 0 bridgehead atoms. The monoisotopic (exact) mass is 422 g/mol. The maximum absolute atomic E-state index is 12.4. The Bertz CT molecular complexity index is 837. The van der Waals surface area contributed by atoms with Gasteiger partial charge in [-0.1, -0.05) is 25.6 Å². The molecule has 13 heteroatoms. The van der Waals surface area contributed by atoms with E-state index in [0.717, 1.165) is 10.3 Å². The Labute approximate surface area is 160 Å². The van der Waals surface area contributed by atoms with Crippen LogP contribution in [0, 0.1) is 0 Å². The SMILES string of the molecule is CCSc1nn(C(=O)NOS(=O)c2c(CC)csc2OC)c(=O)n1OC. The number of hydroxylamine groups is 1. The van der Waals surface area contributed by atoms with Crippen molar-refractivity contribution in [2.75, 3.05) is 20.0 Å². The molecule has 1 unspecified atom stereocenters. The average Bonchev–Trinajstić information content (AvgIpc) is 3.20. The summed E-state index contributed by atoms with van der Waals surface area (Å²) in [6.07, 6.45) is 0.619. The fourth-order valence-corrected chi connectivity index (χ4v) is 4.75. The number of thioether (sulfide) groups is 1. The molecule has 1 N–H and O–H groups in total. The average molecular weight is 423 g/mol. The Kier molecular flexibility index (Phi) is 7.25. The van der Waals surface area contributed by atoms with Crippen molar-refractivity contribution in [3.8, 4) is 5.06 Å². The minimum Gasteiger partial charge on any atom is -0.486 e. The van der Waals surface area contributed by atoms with Crippen molar-refractivity contribution < 1.29 is 22.9 Å². The van der Waals surface area contributed by atoms with Crippen LogP contribution < -0.4 is 20.7 Å². The number of rotatable bonds is 8. The van der Waals surface area contributed by atoms with Crippen LogP contribution >= 0.6 is 23.1 Å². The van der Waals surface area contributed by atoms with E-state index in [-0.39, 0.29) is 5.16 Å². The molecule has 0 radical (unpaired) electrons. The fourth-order valence-electron chi connectivity index (χ4n) is 1.92. The number of thiophene rings is 1. The van der Waals surface area contributed by atoms with Crippen LogP contribution in [0.15, 0.2) is 20.2 Å². The summed E-state index contributed by atoms with van der Waals surface area (Å²) in [6, 6.07) is -0.996. The highest BCUT2D eigenvalue weighted by molar-refractivity contribution is 7.99. The Balaban J connectivity index is 2.15. The van der Waals surface area contributed by atoms with Crippen LogP contribution in [0.3, 0.4) is 0 Å². The molecule has 0 aliphatic rings. The number of hydrogen-bond acceptors (Lipinski definition) is 9. The Morgan fingerprint density at radius 1 is 1.42 bits per heavy atom. The van der Waals surface area contributed by atoms with Gasteiger partial charge in [-0.2, -0.15) is 9.76 Å². The topological polar surface area (TPSA) is 114 Å². The zero-order valence-corrected chi connectivity index (χ0v) is 17.0. The summed E-state index contributed by atoms with van der Waals surface area (Å²) >= 11 is 0.486. The first-order valence-electron chi connectivity index (χ1n) is 7.41. The molecular formula is C13H18N4O6S3. The lowest BCUT2D eigenvalue weighted by Crippen LogP contribution is -2.39. The molecule has 2 heterocycles. The maximum Gasteiger partial charge on any atom is 0.388 e. The molecule has 2 aromatic rings. The first-order valence-corrected chi connectivity index (χ1v) is 10.4. The molecule has 0 saturated carbocycles. The van der Waals surface area contributed by atoms with Crippen LogP contribution in [0.1, 0.15) is 19.4 Å². The molecule has 0 aliphatic heterocycles. The molecule has 0 fully saturated rings. The summed E-state index contributed by atoms with van der Waals surface area (Å²) in [4.78, 5) is 29.5. The summed E-state index contributed by atoms with van der Waals surface area (Å²) in [6.45, 7) is 3.75. The number of amides is 1. The first kappa shape index (κ1) is 20.5. The quantitative estimate of drug-likeness (QED) is 0.496. The van der Waals surface area contributed by atoms with Gasteiger partial charge < -0.3 is 9.57 Å². The molecule has 2 rings (SSSR count). The van der Waals surface area contributed by atoms with Crippen molar-refractivity contribution in [2.24, 2.45) is 0 Å². The third-order valence-corrected chi connectivity index (χ3v) is 6.01. The zero-order valence-electron chi connectivity index (χ0n) is 14.5. The van der Waals surface area contributed by atoms with Crippen molar-refractivity contribution in [1.29, 1.82) is 0 Å². The summed E-state index contributed by atoms with van der Waals surface area (Å²) in [7, 11) is 2.74. The van der Waals surface area contributed by atoms with Gasteiger partial charge in [0.25, 0.3) is 0 Å². The van der Waals surface area contributed by atoms with Gasteiger partial charge in [-0.3, -0.25) is 0 Å². The number of aryl methyl sites for hydroxylation is 1. The number of carbonyl (C=O) groups is 1. The largest absolute Gasteiger partial charge is 0.486 e. The smallest absolute Gasteiger partial charge is 0.388 e. The molecule has 1 amide bonds. The number of hydrogen-bond donors (Lipinski definition) is 1. The number of aromatic nitrogens is 3. The highest BCUT2D eigenvalue weighted by atomic mass is 32.2. The van der Waals surface area contributed by atoms with E-state index >= 15 is 0 Å². The van der Waals surface area contributed by atoms with Crippen LogP contribution in [0.25, 0.3) is 0 Å². The van der Waals surface area contributed by atoms with Gasteiger partial charge in [0.05, 0.1) is 7.11 Å². The van der Waals surface area contributed by atoms with Crippen molar-refractivity contribution in [3.63, 3.8) is 0 Å². The Morgan fingerprint density at radius 3 is 2.73 bits per heavy atom. The van der Waals surface area contributed by atoms with E-state index in [0.29, 0.717) is 26.8 Å². The number of ether oxygens (including phenoxy) is 1. The third kappa shape index (κ3) is 4.11. The van der Waals surface area contributed by atoms with Crippen molar-refractivity contribution in [2.45, 2.75) is 30.3 Å². The van der Waals surface area contributed by atoms with E-state index in [9.17, 15) is 13.8 Å². The number of nitrogens with one attached hydrogen (secondary N) is 1. The van der Waals surface area contributed by atoms with Gasteiger partial charge in [-0.15, -0.1) is 25.8 Å². The van der Waals surface area contributed by atoms with E-state index < -0.39 is 22.8 Å². The number of methoxy groups -OCH3 is 1. The van der Waals surface area contributed by atoms with E-state index in [2.05, 4.69) is 5.10 Å². The van der Waals surface area contributed by atoms with Crippen LogP contribution in [0.5, 0.6) is 5.06 Å². The van der Waals surface area contributed by atoms with E-state index in [1.54, 1.807) is 5.38 Å². The Morgan fingerprint density at radius 2 is 2.15 bits per heavy atom. The lowest BCUT2D eigenvalue weighted by molar-refractivity contribution is 0.134. The van der Waals surface area contributed by atoms with Crippen LogP contribution in [-0.2, 0) is 21.8 Å². The van der Waals surface area contributed by atoms with Gasteiger partial charge in [0.1, 0.15) is 12.0 Å². The van der Waals surface area contributed by atoms with Crippen LogP contribution in [0.4, 0.5) is 4.79 Å². The molecule has 144 valence electrons. The number of carbonyl (C=O) groups excluding carboxylic acids is 1. The lowest BCUT2D eigenvalue weighted by atomic mass is 10.3. The first-order chi connectivity index (χ1) is 12.5. The molecule has 26 heavy (non-hydrogen) atoms. The van der Waals surface area contributed by atoms with Gasteiger partial charge >= 0.3 is 11.7 Å². The minimum atomic E-state index is -2.01. The molecular weight excluding hydrogens is 404 g/mol. The van der Waals surface area contributed by atoms with E-state index in [1.807, 2.05) is 19.3 Å².